The second-order valence-corrected chi connectivity index (χ2v) is 9.49. The van der Waals surface area contributed by atoms with Gasteiger partial charge < -0.3 is 30.3 Å². The average molecular weight is 579 g/mol. The van der Waals surface area contributed by atoms with Gasteiger partial charge in [0.25, 0.3) is 0 Å². The van der Waals surface area contributed by atoms with Gasteiger partial charge in [0.1, 0.15) is 23.9 Å². The van der Waals surface area contributed by atoms with Crippen LogP contribution in [0.5, 0.6) is 11.5 Å². The topological polar surface area (TPSA) is 101 Å². The summed E-state index contributed by atoms with van der Waals surface area (Å²) in [7, 11) is 0. The number of carbonyl (C=O) groups is 1. The Balaban J connectivity index is 1.27. The van der Waals surface area contributed by atoms with Crippen LogP contribution in [0, 0.1) is 0 Å². The molecule has 218 valence electrons. The Morgan fingerprint density at radius 1 is 0.976 bits per heavy atom. The number of piperazine rings is 1. The van der Waals surface area contributed by atoms with Crippen LogP contribution in [-0.2, 0) is 13.2 Å². The van der Waals surface area contributed by atoms with Crippen LogP contribution < -0.4 is 30.3 Å². The maximum Gasteiger partial charge on any atom is 0.573 e. The number of pyridine rings is 2. The van der Waals surface area contributed by atoms with E-state index in [-0.39, 0.29) is 18.4 Å². The summed E-state index contributed by atoms with van der Waals surface area (Å²) in [4.78, 5) is 22.8. The fourth-order valence-corrected chi connectivity index (χ4v) is 4.46. The van der Waals surface area contributed by atoms with Crippen LogP contribution in [0.2, 0.25) is 0 Å². The first-order chi connectivity index (χ1) is 20.3. The maximum atomic E-state index is 13.0. The fraction of sp³-hybridized carbons (Fsp3) is 0.233. The molecule has 0 saturated carbocycles. The van der Waals surface area contributed by atoms with Crippen molar-refractivity contribution in [2.45, 2.75) is 19.5 Å². The second kappa shape index (κ2) is 13.2. The highest BCUT2D eigenvalue weighted by atomic mass is 19.4. The van der Waals surface area contributed by atoms with E-state index in [0.717, 1.165) is 37.6 Å². The van der Waals surface area contributed by atoms with E-state index < -0.39 is 6.36 Å². The van der Waals surface area contributed by atoms with Crippen molar-refractivity contribution in [2.24, 2.45) is 0 Å². The zero-order valence-electron chi connectivity index (χ0n) is 22.5. The SMILES string of the molecule is O=C(NCc1cccnc1)Nc1ccc(OCc2ccc(OC(F)(F)F)cc2-c2ccnc(N3CCNCC3)c2)cc1. The molecule has 1 aliphatic rings. The van der Waals surface area contributed by atoms with Crippen molar-refractivity contribution >= 4 is 17.5 Å². The molecule has 1 saturated heterocycles. The molecule has 4 aromatic rings. The number of hydrogen-bond donors (Lipinski definition) is 3. The van der Waals surface area contributed by atoms with Crippen LogP contribution in [0.3, 0.4) is 0 Å². The lowest BCUT2D eigenvalue weighted by Gasteiger charge is -2.28. The summed E-state index contributed by atoms with van der Waals surface area (Å²) in [5.74, 6) is 0.948. The van der Waals surface area contributed by atoms with Gasteiger partial charge in [0.05, 0.1) is 0 Å². The Hall–Kier alpha value is -4.84. The predicted octanol–water partition coefficient (Wildman–Crippen LogP) is 5.35. The molecule has 2 aromatic heterocycles. The van der Waals surface area contributed by atoms with E-state index >= 15 is 0 Å². The average Bonchev–Trinajstić information content (AvgIpc) is 3.00. The van der Waals surface area contributed by atoms with Crippen LogP contribution in [-0.4, -0.2) is 48.5 Å². The van der Waals surface area contributed by atoms with E-state index in [1.165, 1.54) is 12.1 Å². The lowest BCUT2D eigenvalue weighted by atomic mass is 10.00. The van der Waals surface area contributed by atoms with Crippen LogP contribution in [0.1, 0.15) is 11.1 Å². The Kier molecular flexibility index (Phi) is 9.02. The number of benzene rings is 2. The Morgan fingerprint density at radius 2 is 1.76 bits per heavy atom. The minimum Gasteiger partial charge on any atom is -0.489 e. The second-order valence-electron chi connectivity index (χ2n) is 9.49. The molecule has 3 heterocycles. The molecular formula is C30H29F3N6O3. The first-order valence-corrected chi connectivity index (χ1v) is 13.3. The highest BCUT2D eigenvalue weighted by Crippen LogP contribution is 2.33. The van der Waals surface area contributed by atoms with Gasteiger partial charge in [-0.15, -0.1) is 13.2 Å². The van der Waals surface area contributed by atoms with E-state index in [2.05, 4.69) is 35.6 Å². The summed E-state index contributed by atoms with van der Waals surface area (Å²) in [6.45, 7) is 3.63. The van der Waals surface area contributed by atoms with E-state index in [1.54, 1.807) is 61.1 Å². The molecule has 0 aliphatic carbocycles. The van der Waals surface area contributed by atoms with E-state index in [4.69, 9.17) is 4.74 Å². The van der Waals surface area contributed by atoms with Crippen molar-refractivity contribution in [3.8, 4) is 22.6 Å². The molecule has 0 bridgehead atoms. The molecule has 0 atom stereocenters. The lowest BCUT2D eigenvalue weighted by Crippen LogP contribution is -2.43. The van der Waals surface area contributed by atoms with Gasteiger partial charge in [-0.3, -0.25) is 4.98 Å². The van der Waals surface area contributed by atoms with Crippen molar-refractivity contribution in [1.29, 1.82) is 0 Å². The summed E-state index contributed by atoms with van der Waals surface area (Å²) < 4.78 is 49.1. The molecule has 12 heteroatoms. The lowest BCUT2D eigenvalue weighted by molar-refractivity contribution is -0.274. The van der Waals surface area contributed by atoms with E-state index in [9.17, 15) is 18.0 Å². The van der Waals surface area contributed by atoms with Crippen molar-refractivity contribution in [1.82, 2.24) is 20.6 Å². The summed E-state index contributed by atoms with van der Waals surface area (Å²) in [5, 5.41) is 8.81. The van der Waals surface area contributed by atoms with Gasteiger partial charge in [0.15, 0.2) is 0 Å². The summed E-state index contributed by atoms with van der Waals surface area (Å²) in [5.41, 5.74) is 3.35. The number of urea groups is 1. The van der Waals surface area contributed by atoms with Gasteiger partial charge in [-0.25, -0.2) is 9.78 Å². The highest BCUT2D eigenvalue weighted by Gasteiger charge is 2.31. The smallest absolute Gasteiger partial charge is 0.489 e. The van der Waals surface area contributed by atoms with Crippen LogP contribution in [0.15, 0.2) is 85.3 Å². The molecule has 1 aliphatic heterocycles. The minimum atomic E-state index is -4.81. The molecule has 0 radical (unpaired) electrons. The molecule has 42 heavy (non-hydrogen) atoms. The van der Waals surface area contributed by atoms with Crippen LogP contribution >= 0.6 is 0 Å². The largest absolute Gasteiger partial charge is 0.573 e. The number of aromatic nitrogens is 2. The minimum absolute atomic E-state index is 0.0886. The number of rotatable bonds is 9. The molecule has 1 fully saturated rings. The molecule has 0 unspecified atom stereocenters. The van der Waals surface area contributed by atoms with E-state index in [0.29, 0.717) is 34.7 Å². The summed E-state index contributed by atoms with van der Waals surface area (Å²) >= 11 is 0. The first kappa shape index (κ1) is 28.7. The standard InChI is InChI=1S/C30H29F3N6O3/c31-30(32,33)42-26-6-3-23(27(17-26)22-9-11-36-28(16-22)39-14-12-34-13-15-39)20-41-25-7-4-24(5-8-25)38-29(40)37-19-21-2-1-10-35-18-21/h1-11,16-18,34H,12-15,19-20H2,(H2,37,38,40). The number of alkyl halides is 3. The van der Waals surface area contributed by atoms with Gasteiger partial charge >= 0.3 is 12.4 Å². The first-order valence-electron chi connectivity index (χ1n) is 13.3. The van der Waals surface area contributed by atoms with Crippen molar-refractivity contribution in [3.63, 3.8) is 0 Å². The predicted molar refractivity (Wildman–Crippen MR) is 152 cm³/mol. The maximum absolute atomic E-state index is 13.0. The molecule has 0 spiro atoms. The van der Waals surface area contributed by atoms with Gasteiger partial charge in [-0.1, -0.05) is 12.1 Å². The fourth-order valence-electron chi connectivity index (χ4n) is 4.46. The zero-order chi connectivity index (χ0) is 29.4. The third-order valence-corrected chi connectivity index (χ3v) is 6.49. The van der Waals surface area contributed by atoms with Crippen molar-refractivity contribution < 1.29 is 27.4 Å². The van der Waals surface area contributed by atoms with Gasteiger partial charge in [-0.05, 0) is 76.9 Å². The Labute approximate surface area is 240 Å². The van der Waals surface area contributed by atoms with Gasteiger partial charge in [0.2, 0.25) is 0 Å². The number of halogens is 3. The molecule has 2 amide bonds. The zero-order valence-corrected chi connectivity index (χ0v) is 22.5. The summed E-state index contributed by atoms with van der Waals surface area (Å²) in [6, 6.07) is 17.9. The molecular weight excluding hydrogens is 549 g/mol. The van der Waals surface area contributed by atoms with Crippen molar-refractivity contribution in [3.05, 3.63) is 96.4 Å². The van der Waals surface area contributed by atoms with Gasteiger partial charge in [0, 0.05) is 57.0 Å². The number of anilines is 2. The number of hydrogen-bond acceptors (Lipinski definition) is 7. The Morgan fingerprint density at radius 3 is 2.50 bits per heavy atom. The number of nitrogens with one attached hydrogen (secondary N) is 3. The number of nitrogens with zero attached hydrogens (tertiary/aromatic N) is 3. The van der Waals surface area contributed by atoms with Gasteiger partial charge in [-0.2, -0.15) is 0 Å². The quantitative estimate of drug-likeness (QED) is 0.246. The van der Waals surface area contributed by atoms with E-state index in [1.807, 2.05) is 12.1 Å². The molecule has 2 aromatic carbocycles. The molecule has 5 rings (SSSR count). The number of amides is 2. The normalized spacial score (nSPS) is 13.4. The monoisotopic (exact) mass is 578 g/mol. The Bertz CT molecular complexity index is 1480. The molecule has 9 nitrogen and oxygen atoms in total. The van der Waals surface area contributed by atoms with Crippen LogP contribution in [0.4, 0.5) is 29.5 Å². The highest BCUT2D eigenvalue weighted by molar-refractivity contribution is 5.89. The molecule has 3 N–H and O–H groups in total. The number of carbonyl (C=O) groups excluding carboxylic acids is 1. The summed E-state index contributed by atoms with van der Waals surface area (Å²) in [6.07, 6.45) is 0.168. The third kappa shape index (κ3) is 8.10. The number of ether oxygens (including phenoxy) is 2. The van der Waals surface area contributed by atoms with Crippen molar-refractivity contribution in [2.75, 3.05) is 36.4 Å². The van der Waals surface area contributed by atoms with Crippen LogP contribution in [0.25, 0.3) is 11.1 Å². The third-order valence-electron chi connectivity index (χ3n) is 6.49.